The molecule has 3 rings (SSSR count). The zero-order chi connectivity index (χ0) is 19.2. The number of carbonyl (C=O) groups is 2. The highest BCUT2D eigenvalue weighted by atomic mass is 16.4. The molecular weight excluding hydrogens is 342 g/mol. The van der Waals surface area contributed by atoms with Crippen LogP contribution in [0.1, 0.15) is 17.0 Å². The van der Waals surface area contributed by atoms with Crippen molar-refractivity contribution in [3.05, 3.63) is 77.7 Å². The number of nitrogens with two attached hydrogens (primary N) is 1. The lowest BCUT2D eigenvalue weighted by atomic mass is 10.1. The van der Waals surface area contributed by atoms with Crippen LogP contribution in [-0.2, 0) is 22.4 Å². The number of carbonyl (C=O) groups excluding carboxylic acids is 2. The Bertz CT molecular complexity index is 920. The quantitative estimate of drug-likeness (QED) is 0.673. The predicted molar refractivity (Wildman–Crippen MR) is 102 cm³/mol. The minimum Gasteiger partial charge on any atom is -0.441 e. The Morgan fingerprint density at radius 1 is 1.07 bits per heavy atom. The minimum absolute atomic E-state index is 0.0146. The second-order valence-corrected chi connectivity index (χ2v) is 6.28. The van der Waals surface area contributed by atoms with Gasteiger partial charge in [-0.25, -0.2) is 4.98 Å². The first kappa shape index (κ1) is 18.4. The van der Waals surface area contributed by atoms with Crippen LogP contribution < -0.4 is 11.1 Å². The second-order valence-electron chi connectivity index (χ2n) is 6.28. The van der Waals surface area contributed by atoms with Gasteiger partial charge in [0.05, 0.1) is 12.1 Å². The summed E-state index contributed by atoms with van der Waals surface area (Å²) in [6.45, 7) is 1.76. The first-order valence-corrected chi connectivity index (χ1v) is 8.67. The van der Waals surface area contributed by atoms with Crippen LogP contribution in [0.2, 0.25) is 0 Å². The molecule has 6 nitrogen and oxygen atoms in total. The summed E-state index contributed by atoms with van der Waals surface area (Å²) in [4.78, 5) is 28.5. The van der Waals surface area contributed by atoms with E-state index in [1.54, 1.807) is 6.92 Å². The average molecular weight is 363 g/mol. The third-order valence-electron chi connectivity index (χ3n) is 4.20. The first-order chi connectivity index (χ1) is 13.0. The number of nitrogens with zero attached hydrogens (tertiary/aromatic N) is 1. The minimum atomic E-state index is -0.777. The van der Waals surface area contributed by atoms with E-state index < -0.39 is 11.9 Å². The van der Waals surface area contributed by atoms with Crippen LogP contribution in [-0.4, -0.2) is 22.8 Å². The van der Waals surface area contributed by atoms with Crippen LogP contribution in [0.5, 0.6) is 0 Å². The van der Waals surface area contributed by atoms with Crippen LogP contribution in [0, 0.1) is 6.92 Å². The van der Waals surface area contributed by atoms with Crippen LogP contribution in [0.3, 0.4) is 0 Å². The van der Waals surface area contributed by atoms with Gasteiger partial charge in [0.25, 0.3) is 0 Å². The van der Waals surface area contributed by atoms with Gasteiger partial charge in [-0.05, 0) is 24.6 Å². The number of rotatable bonds is 7. The summed E-state index contributed by atoms with van der Waals surface area (Å²) in [7, 11) is 0. The standard InChI is InChI=1S/C21H21N3O3/c1-14-17(24-21(27-14)16-10-6-3-7-11-16)13-19(25)23-18(20(22)26)12-15-8-4-2-5-9-15/h2-11,18H,12-13H2,1H3,(H2,22,26)(H,23,25)/t18-/m0/s1. The van der Waals surface area contributed by atoms with Crippen molar-refractivity contribution in [1.82, 2.24) is 10.3 Å². The molecule has 138 valence electrons. The molecule has 0 radical (unpaired) electrons. The van der Waals surface area contributed by atoms with E-state index >= 15 is 0 Å². The summed E-state index contributed by atoms with van der Waals surface area (Å²) in [6, 6.07) is 18.1. The number of nitrogens with one attached hydrogen (secondary N) is 1. The molecule has 0 saturated heterocycles. The summed E-state index contributed by atoms with van der Waals surface area (Å²) >= 11 is 0. The molecule has 0 unspecified atom stereocenters. The molecule has 2 aromatic carbocycles. The Labute approximate surface area is 157 Å². The molecule has 0 bridgehead atoms. The van der Waals surface area contributed by atoms with Crippen molar-refractivity contribution < 1.29 is 14.0 Å². The smallest absolute Gasteiger partial charge is 0.240 e. The lowest BCUT2D eigenvalue weighted by Crippen LogP contribution is -2.46. The SMILES string of the molecule is Cc1oc(-c2ccccc2)nc1CC(=O)N[C@@H](Cc1ccccc1)C(N)=O. The maximum absolute atomic E-state index is 12.4. The van der Waals surface area contributed by atoms with Gasteiger partial charge in [0, 0.05) is 12.0 Å². The molecular formula is C21H21N3O3. The molecule has 0 fully saturated rings. The molecule has 2 amide bonds. The van der Waals surface area contributed by atoms with Gasteiger partial charge < -0.3 is 15.5 Å². The maximum Gasteiger partial charge on any atom is 0.240 e. The molecule has 0 aliphatic carbocycles. The number of oxazole rings is 1. The summed E-state index contributed by atoms with van der Waals surface area (Å²) in [5.74, 6) is 0.133. The highest BCUT2D eigenvalue weighted by Crippen LogP contribution is 2.21. The highest BCUT2D eigenvalue weighted by Gasteiger charge is 2.21. The van der Waals surface area contributed by atoms with E-state index in [9.17, 15) is 9.59 Å². The highest BCUT2D eigenvalue weighted by molar-refractivity contribution is 5.87. The molecule has 27 heavy (non-hydrogen) atoms. The van der Waals surface area contributed by atoms with Crippen molar-refractivity contribution in [2.24, 2.45) is 5.73 Å². The zero-order valence-corrected chi connectivity index (χ0v) is 15.0. The van der Waals surface area contributed by atoms with Crippen molar-refractivity contribution in [1.29, 1.82) is 0 Å². The van der Waals surface area contributed by atoms with Crippen molar-refractivity contribution in [3.63, 3.8) is 0 Å². The fraction of sp³-hybridized carbons (Fsp3) is 0.190. The van der Waals surface area contributed by atoms with Crippen molar-refractivity contribution in [2.75, 3.05) is 0 Å². The van der Waals surface area contributed by atoms with Gasteiger partial charge in [-0.3, -0.25) is 9.59 Å². The molecule has 1 heterocycles. The largest absolute Gasteiger partial charge is 0.441 e. The van der Waals surface area contributed by atoms with Gasteiger partial charge in [0.2, 0.25) is 17.7 Å². The number of aryl methyl sites for hydroxylation is 1. The third kappa shape index (κ3) is 4.82. The molecule has 3 aromatic rings. The van der Waals surface area contributed by atoms with Gasteiger partial charge in [-0.2, -0.15) is 0 Å². The van der Waals surface area contributed by atoms with E-state index in [0.717, 1.165) is 11.1 Å². The Kier molecular flexibility index (Phi) is 5.66. The van der Waals surface area contributed by atoms with E-state index in [1.165, 1.54) is 0 Å². The fourth-order valence-electron chi connectivity index (χ4n) is 2.77. The third-order valence-corrected chi connectivity index (χ3v) is 4.20. The van der Waals surface area contributed by atoms with E-state index in [-0.39, 0.29) is 12.3 Å². The lowest BCUT2D eigenvalue weighted by molar-refractivity contribution is -0.127. The van der Waals surface area contributed by atoms with Crippen molar-refractivity contribution >= 4 is 11.8 Å². The monoisotopic (exact) mass is 363 g/mol. The predicted octanol–water partition coefficient (Wildman–Crippen LogP) is 2.41. The van der Waals surface area contributed by atoms with Crippen LogP contribution in [0.4, 0.5) is 0 Å². The van der Waals surface area contributed by atoms with E-state index in [1.807, 2.05) is 60.7 Å². The van der Waals surface area contributed by atoms with E-state index in [0.29, 0.717) is 23.8 Å². The Hall–Kier alpha value is -3.41. The van der Waals surface area contributed by atoms with Crippen molar-refractivity contribution in [3.8, 4) is 11.5 Å². The van der Waals surface area contributed by atoms with Gasteiger partial charge in [-0.1, -0.05) is 48.5 Å². The number of benzene rings is 2. The van der Waals surface area contributed by atoms with Crippen LogP contribution in [0.15, 0.2) is 65.1 Å². The Morgan fingerprint density at radius 3 is 2.33 bits per heavy atom. The summed E-state index contributed by atoms with van der Waals surface area (Å²) < 4.78 is 5.67. The van der Waals surface area contributed by atoms with Crippen molar-refractivity contribution in [2.45, 2.75) is 25.8 Å². The molecule has 6 heteroatoms. The summed E-state index contributed by atoms with van der Waals surface area (Å²) in [5, 5.41) is 2.69. The van der Waals surface area contributed by atoms with Crippen LogP contribution >= 0.6 is 0 Å². The van der Waals surface area contributed by atoms with Gasteiger partial charge in [-0.15, -0.1) is 0 Å². The second kappa shape index (κ2) is 8.31. The molecule has 0 aliphatic heterocycles. The molecule has 0 aliphatic rings. The molecule has 0 saturated carbocycles. The normalized spacial score (nSPS) is 11.7. The Balaban J connectivity index is 1.67. The lowest BCUT2D eigenvalue weighted by Gasteiger charge is -2.15. The van der Waals surface area contributed by atoms with E-state index in [4.69, 9.17) is 10.2 Å². The van der Waals surface area contributed by atoms with Gasteiger partial charge in [0.15, 0.2) is 0 Å². The number of aromatic nitrogens is 1. The Morgan fingerprint density at radius 2 is 1.70 bits per heavy atom. The average Bonchev–Trinajstić information content (AvgIpc) is 3.03. The van der Waals surface area contributed by atoms with Gasteiger partial charge in [0.1, 0.15) is 11.8 Å². The fourth-order valence-corrected chi connectivity index (χ4v) is 2.77. The number of primary amides is 1. The number of amides is 2. The topological polar surface area (TPSA) is 98.2 Å². The maximum atomic E-state index is 12.4. The first-order valence-electron chi connectivity index (χ1n) is 8.67. The van der Waals surface area contributed by atoms with Crippen LogP contribution in [0.25, 0.3) is 11.5 Å². The molecule has 3 N–H and O–H groups in total. The summed E-state index contributed by atoms with van der Waals surface area (Å²) in [6.07, 6.45) is 0.357. The van der Waals surface area contributed by atoms with E-state index in [2.05, 4.69) is 10.3 Å². The van der Waals surface area contributed by atoms with Gasteiger partial charge >= 0.3 is 0 Å². The molecule has 1 aromatic heterocycles. The molecule has 1 atom stereocenters. The summed E-state index contributed by atoms with van der Waals surface area (Å²) in [5.41, 5.74) is 7.75. The zero-order valence-electron chi connectivity index (χ0n) is 15.0. The number of hydrogen-bond donors (Lipinski definition) is 2. The molecule has 0 spiro atoms. The number of hydrogen-bond acceptors (Lipinski definition) is 4.